The molecule has 0 amide bonds. The first-order valence-electron chi connectivity index (χ1n) is 7.88. The average Bonchev–Trinajstić information content (AvgIpc) is 2.96. The predicted molar refractivity (Wildman–Crippen MR) is 89.7 cm³/mol. The van der Waals surface area contributed by atoms with Gasteiger partial charge in [-0.1, -0.05) is 13.8 Å². The molecule has 6 nitrogen and oxygen atoms in total. The van der Waals surface area contributed by atoms with Crippen molar-refractivity contribution in [2.75, 3.05) is 33.4 Å². The Bertz CT molecular complexity index is 666. The monoisotopic (exact) mass is 320 g/mol. The summed E-state index contributed by atoms with van der Waals surface area (Å²) in [6.45, 7) is 7.75. The maximum atomic E-state index is 11.1. The SMILES string of the molecule is CCCN(CC)CCOc1cc2cc(C(=O)O)[nH]c2cc1OC. The molecule has 0 atom stereocenters. The third kappa shape index (κ3) is 4.16. The van der Waals surface area contributed by atoms with Gasteiger partial charge in [0.2, 0.25) is 0 Å². The molecule has 0 unspecified atom stereocenters. The van der Waals surface area contributed by atoms with Gasteiger partial charge in [0, 0.05) is 18.0 Å². The third-order valence-electron chi connectivity index (χ3n) is 3.79. The minimum absolute atomic E-state index is 0.152. The summed E-state index contributed by atoms with van der Waals surface area (Å²) in [7, 11) is 1.57. The van der Waals surface area contributed by atoms with Gasteiger partial charge in [-0.15, -0.1) is 0 Å². The number of fused-ring (bicyclic) bond motifs is 1. The van der Waals surface area contributed by atoms with E-state index in [1.165, 1.54) is 0 Å². The largest absolute Gasteiger partial charge is 0.493 e. The molecule has 0 bridgehead atoms. The molecule has 0 aliphatic heterocycles. The maximum absolute atomic E-state index is 11.1. The number of methoxy groups -OCH3 is 1. The molecular formula is C17H24N2O4. The van der Waals surface area contributed by atoms with Crippen molar-refractivity contribution in [3.8, 4) is 11.5 Å². The molecule has 1 aromatic heterocycles. The molecule has 6 heteroatoms. The van der Waals surface area contributed by atoms with E-state index in [-0.39, 0.29) is 5.69 Å². The van der Waals surface area contributed by atoms with Crippen molar-refractivity contribution in [2.24, 2.45) is 0 Å². The number of carboxylic acids is 1. The fraction of sp³-hybridized carbons (Fsp3) is 0.471. The molecule has 2 N–H and O–H groups in total. The fourth-order valence-corrected chi connectivity index (χ4v) is 2.56. The highest BCUT2D eigenvalue weighted by Gasteiger charge is 2.12. The van der Waals surface area contributed by atoms with Gasteiger partial charge in [0.05, 0.1) is 12.6 Å². The molecule has 0 aliphatic carbocycles. The van der Waals surface area contributed by atoms with Gasteiger partial charge < -0.3 is 24.5 Å². The zero-order valence-electron chi connectivity index (χ0n) is 13.9. The number of nitrogens with zero attached hydrogens (tertiary/aromatic N) is 1. The summed E-state index contributed by atoms with van der Waals surface area (Å²) in [6, 6.07) is 5.17. The van der Waals surface area contributed by atoms with Gasteiger partial charge in [-0.25, -0.2) is 4.79 Å². The summed E-state index contributed by atoms with van der Waals surface area (Å²) in [6.07, 6.45) is 1.12. The van der Waals surface area contributed by atoms with Crippen LogP contribution < -0.4 is 9.47 Å². The predicted octanol–water partition coefficient (Wildman–Crippen LogP) is 2.99. The molecule has 2 rings (SSSR count). The lowest BCUT2D eigenvalue weighted by molar-refractivity contribution is 0.0691. The molecule has 1 aromatic carbocycles. The van der Waals surface area contributed by atoms with Crippen molar-refractivity contribution in [3.63, 3.8) is 0 Å². The van der Waals surface area contributed by atoms with Crippen molar-refractivity contribution in [1.82, 2.24) is 9.88 Å². The first kappa shape index (κ1) is 17.1. The summed E-state index contributed by atoms with van der Waals surface area (Å²) >= 11 is 0. The Hall–Kier alpha value is -2.21. The Kier molecular flexibility index (Phi) is 5.87. The lowest BCUT2D eigenvalue weighted by atomic mass is 10.2. The van der Waals surface area contributed by atoms with Crippen LogP contribution in [0.5, 0.6) is 11.5 Å². The highest BCUT2D eigenvalue weighted by molar-refractivity contribution is 5.94. The number of rotatable bonds is 9. The van der Waals surface area contributed by atoms with Gasteiger partial charge in [0.15, 0.2) is 11.5 Å². The number of carbonyl (C=O) groups is 1. The number of hydrogen-bond acceptors (Lipinski definition) is 4. The highest BCUT2D eigenvalue weighted by Crippen LogP contribution is 2.32. The normalized spacial score (nSPS) is 11.1. The van der Waals surface area contributed by atoms with Crippen LogP contribution in [0.15, 0.2) is 18.2 Å². The number of carboxylic acid groups (broad SMARTS) is 1. The molecule has 0 saturated carbocycles. The van der Waals surface area contributed by atoms with Gasteiger partial charge in [-0.3, -0.25) is 0 Å². The van der Waals surface area contributed by atoms with E-state index in [0.717, 1.165) is 31.4 Å². The highest BCUT2D eigenvalue weighted by atomic mass is 16.5. The number of H-pyrrole nitrogens is 1. The summed E-state index contributed by atoms with van der Waals surface area (Å²) < 4.78 is 11.2. The van der Waals surface area contributed by atoms with Crippen molar-refractivity contribution >= 4 is 16.9 Å². The van der Waals surface area contributed by atoms with Gasteiger partial charge in [0.1, 0.15) is 12.3 Å². The standard InChI is InChI=1S/C17H24N2O4/c1-4-6-19(5-2)7-8-23-16-10-12-9-14(17(20)21)18-13(12)11-15(16)22-3/h9-11,18H,4-8H2,1-3H3,(H,20,21). The number of aromatic amines is 1. The second kappa shape index (κ2) is 7.87. The number of benzene rings is 1. The second-order valence-corrected chi connectivity index (χ2v) is 5.36. The smallest absolute Gasteiger partial charge is 0.352 e. The first-order chi connectivity index (χ1) is 11.1. The number of ether oxygens (including phenoxy) is 2. The Labute approximate surface area is 136 Å². The van der Waals surface area contributed by atoms with Crippen LogP contribution in [0, 0.1) is 0 Å². The number of aromatic carboxylic acids is 1. The summed E-state index contributed by atoms with van der Waals surface area (Å²) in [5.74, 6) is 0.235. The molecule has 0 saturated heterocycles. The lowest BCUT2D eigenvalue weighted by Crippen LogP contribution is -2.29. The molecular weight excluding hydrogens is 296 g/mol. The zero-order valence-corrected chi connectivity index (χ0v) is 13.9. The molecule has 126 valence electrons. The van der Waals surface area contributed by atoms with E-state index in [1.54, 1.807) is 19.2 Å². The minimum atomic E-state index is -0.985. The quantitative estimate of drug-likeness (QED) is 0.743. The lowest BCUT2D eigenvalue weighted by Gasteiger charge is -2.20. The van der Waals surface area contributed by atoms with Crippen LogP contribution in [0.4, 0.5) is 0 Å². The molecule has 0 spiro atoms. The molecule has 1 heterocycles. The third-order valence-corrected chi connectivity index (χ3v) is 3.79. The molecule has 2 aromatic rings. The summed E-state index contributed by atoms with van der Waals surface area (Å²) in [4.78, 5) is 16.2. The van der Waals surface area contributed by atoms with Crippen LogP contribution in [0.3, 0.4) is 0 Å². The number of hydrogen-bond donors (Lipinski definition) is 2. The van der Waals surface area contributed by atoms with Crippen LogP contribution in [0.25, 0.3) is 10.9 Å². The second-order valence-electron chi connectivity index (χ2n) is 5.36. The summed E-state index contributed by atoms with van der Waals surface area (Å²) in [5.41, 5.74) is 0.868. The summed E-state index contributed by atoms with van der Waals surface area (Å²) in [5, 5.41) is 9.85. The van der Waals surface area contributed by atoms with Gasteiger partial charge in [0.25, 0.3) is 0 Å². The van der Waals surface area contributed by atoms with E-state index in [0.29, 0.717) is 23.6 Å². The Morgan fingerprint density at radius 3 is 2.61 bits per heavy atom. The van der Waals surface area contributed by atoms with E-state index >= 15 is 0 Å². The molecule has 23 heavy (non-hydrogen) atoms. The van der Waals surface area contributed by atoms with Crippen LogP contribution in [-0.2, 0) is 0 Å². The Morgan fingerprint density at radius 1 is 1.22 bits per heavy atom. The van der Waals surface area contributed by atoms with E-state index in [2.05, 4.69) is 23.7 Å². The van der Waals surface area contributed by atoms with Crippen LogP contribution in [-0.4, -0.2) is 54.3 Å². The van der Waals surface area contributed by atoms with Crippen LogP contribution >= 0.6 is 0 Å². The van der Waals surface area contributed by atoms with E-state index in [1.807, 2.05) is 6.07 Å². The fourth-order valence-electron chi connectivity index (χ4n) is 2.56. The minimum Gasteiger partial charge on any atom is -0.493 e. The zero-order chi connectivity index (χ0) is 16.8. The van der Waals surface area contributed by atoms with Crippen molar-refractivity contribution in [2.45, 2.75) is 20.3 Å². The topological polar surface area (TPSA) is 74.8 Å². The van der Waals surface area contributed by atoms with Crippen LogP contribution in [0.2, 0.25) is 0 Å². The average molecular weight is 320 g/mol. The van der Waals surface area contributed by atoms with E-state index < -0.39 is 5.97 Å². The number of nitrogens with one attached hydrogen (secondary N) is 1. The molecule has 0 radical (unpaired) electrons. The van der Waals surface area contributed by atoms with Crippen LogP contribution in [0.1, 0.15) is 30.8 Å². The number of aromatic nitrogens is 1. The van der Waals surface area contributed by atoms with Crippen molar-refractivity contribution in [3.05, 3.63) is 23.9 Å². The van der Waals surface area contributed by atoms with Gasteiger partial charge in [-0.05, 0) is 31.6 Å². The van der Waals surface area contributed by atoms with Gasteiger partial charge >= 0.3 is 5.97 Å². The van der Waals surface area contributed by atoms with E-state index in [9.17, 15) is 4.79 Å². The van der Waals surface area contributed by atoms with Crippen molar-refractivity contribution in [1.29, 1.82) is 0 Å². The first-order valence-corrected chi connectivity index (χ1v) is 7.88. The number of likely N-dealkylation sites (N-methyl/N-ethyl adjacent to an activating group) is 1. The Morgan fingerprint density at radius 2 is 2.00 bits per heavy atom. The molecule has 0 fully saturated rings. The Balaban J connectivity index is 2.13. The maximum Gasteiger partial charge on any atom is 0.352 e. The van der Waals surface area contributed by atoms with Crippen molar-refractivity contribution < 1.29 is 19.4 Å². The van der Waals surface area contributed by atoms with Gasteiger partial charge in [-0.2, -0.15) is 0 Å². The van der Waals surface area contributed by atoms with E-state index in [4.69, 9.17) is 14.6 Å². The molecule has 0 aliphatic rings.